The second-order valence-corrected chi connectivity index (χ2v) is 4.16. The Hall–Kier alpha value is -1.72. The zero-order valence-electron chi connectivity index (χ0n) is 10.4. The van der Waals surface area contributed by atoms with Gasteiger partial charge in [0, 0.05) is 13.0 Å². The highest BCUT2D eigenvalue weighted by molar-refractivity contribution is 5.75. The number of aromatic nitrogens is 2. The Bertz CT molecular complexity index is 437. The van der Waals surface area contributed by atoms with E-state index in [4.69, 9.17) is 0 Å². The lowest BCUT2D eigenvalue weighted by molar-refractivity contribution is -0.386. The molecular formula is C11H17N3O3. The minimum absolute atomic E-state index is 0.0940. The van der Waals surface area contributed by atoms with Crippen molar-refractivity contribution in [2.24, 2.45) is 0 Å². The van der Waals surface area contributed by atoms with E-state index in [0.29, 0.717) is 24.4 Å². The third-order valence-electron chi connectivity index (χ3n) is 2.67. The fourth-order valence-electron chi connectivity index (χ4n) is 1.80. The molecule has 0 aliphatic heterocycles. The van der Waals surface area contributed by atoms with Crippen molar-refractivity contribution in [2.75, 3.05) is 0 Å². The van der Waals surface area contributed by atoms with Gasteiger partial charge in [0.15, 0.2) is 0 Å². The minimum Gasteiger partial charge on any atom is -0.300 e. The normalized spacial score (nSPS) is 10.5. The molecule has 1 heterocycles. The summed E-state index contributed by atoms with van der Waals surface area (Å²) in [5.41, 5.74) is 1.12. The van der Waals surface area contributed by atoms with Gasteiger partial charge in [-0.3, -0.25) is 14.8 Å². The third kappa shape index (κ3) is 3.37. The monoisotopic (exact) mass is 239 g/mol. The van der Waals surface area contributed by atoms with Gasteiger partial charge in [-0.05, 0) is 33.6 Å². The van der Waals surface area contributed by atoms with Gasteiger partial charge in [0.2, 0.25) is 0 Å². The van der Waals surface area contributed by atoms with Crippen LogP contribution in [0.4, 0.5) is 5.69 Å². The van der Waals surface area contributed by atoms with E-state index in [1.807, 2.05) is 0 Å². The number of nitrogens with zero attached hydrogens (tertiary/aromatic N) is 3. The lowest BCUT2D eigenvalue weighted by atomic mass is 10.2. The molecule has 1 aromatic heterocycles. The van der Waals surface area contributed by atoms with Crippen LogP contribution in [0.5, 0.6) is 0 Å². The molecule has 1 rings (SSSR count). The zero-order chi connectivity index (χ0) is 13.0. The maximum Gasteiger partial charge on any atom is 0.312 e. The minimum atomic E-state index is -0.399. The molecule has 0 bridgehead atoms. The van der Waals surface area contributed by atoms with Crippen LogP contribution in [0.25, 0.3) is 0 Å². The smallest absolute Gasteiger partial charge is 0.300 e. The van der Waals surface area contributed by atoms with Gasteiger partial charge in [0.05, 0.1) is 4.92 Å². The Kier molecular flexibility index (Phi) is 4.37. The first kappa shape index (κ1) is 13.3. The molecule has 0 amide bonds. The highest BCUT2D eigenvalue weighted by atomic mass is 16.6. The number of hydrogen-bond acceptors (Lipinski definition) is 4. The van der Waals surface area contributed by atoms with Crippen LogP contribution in [-0.2, 0) is 11.3 Å². The summed E-state index contributed by atoms with van der Waals surface area (Å²) in [6, 6.07) is 0. The summed E-state index contributed by atoms with van der Waals surface area (Å²) < 4.78 is 1.65. The molecule has 6 nitrogen and oxygen atoms in total. The van der Waals surface area contributed by atoms with Crippen LogP contribution in [0.15, 0.2) is 0 Å². The summed E-state index contributed by atoms with van der Waals surface area (Å²) in [5.74, 6) is 0.171. The lowest BCUT2D eigenvalue weighted by Crippen LogP contribution is -2.03. The number of ketones is 1. The Labute approximate surface area is 99.8 Å². The second-order valence-electron chi connectivity index (χ2n) is 4.16. The first-order valence-corrected chi connectivity index (χ1v) is 5.61. The first-order chi connectivity index (χ1) is 7.93. The van der Waals surface area contributed by atoms with Crippen LogP contribution >= 0.6 is 0 Å². The highest BCUT2D eigenvalue weighted by Crippen LogP contribution is 2.22. The van der Waals surface area contributed by atoms with E-state index in [1.165, 1.54) is 0 Å². The van der Waals surface area contributed by atoms with Gasteiger partial charge in [-0.15, -0.1) is 0 Å². The van der Waals surface area contributed by atoms with E-state index in [1.54, 1.807) is 25.5 Å². The van der Waals surface area contributed by atoms with E-state index in [2.05, 4.69) is 5.10 Å². The van der Waals surface area contributed by atoms with Gasteiger partial charge < -0.3 is 4.79 Å². The van der Waals surface area contributed by atoms with Crippen LogP contribution in [0.2, 0.25) is 0 Å². The molecule has 0 saturated heterocycles. The number of rotatable bonds is 6. The summed E-state index contributed by atoms with van der Waals surface area (Å²) in [5, 5.41) is 14.9. The van der Waals surface area contributed by atoms with Crippen molar-refractivity contribution < 1.29 is 9.72 Å². The van der Waals surface area contributed by atoms with Gasteiger partial charge in [-0.2, -0.15) is 5.10 Å². The molecule has 0 fully saturated rings. The van der Waals surface area contributed by atoms with Crippen LogP contribution < -0.4 is 0 Å². The average Bonchev–Trinajstić information content (AvgIpc) is 2.48. The molecule has 0 aliphatic carbocycles. The molecule has 0 unspecified atom stereocenters. The first-order valence-electron chi connectivity index (χ1n) is 5.61. The predicted molar refractivity (Wildman–Crippen MR) is 62.9 cm³/mol. The second kappa shape index (κ2) is 5.56. The summed E-state index contributed by atoms with van der Waals surface area (Å²) in [6.45, 7) is 5.52. The Morgan fingerprint density at radius 3 is 2.53 bits per heavy atom. The van der Waals surface area contributed by atoms with E-state index >= 15 is 0 Å². The molecule has 0 radical (unpaired) electrons. The van der Waals surface area contributed by atoms with Crippen molar-refractivity contribution >= 4 is 11.5 Å². The Morgan fingerprint density at radius 1 is 1.41 bits per heavy atom. The van der Waals surface area contributed by atoms with Gasteiger partial charge in [0.25, 0.3) is 0 Å². The molecule has 94 valence electrons. The molecule has 0 saturated carbocycles. The van der Waals surface area contributed by atoms with Crippen LogP contribution in [0, 0.1) is 24.0 Å². The third-order valence-corrected chi connectivity index (χ3v) is 2.67. The number of Topliss-reactive ketones (excluding diaryl/α,β-unsaturated/α-hetero) is 1. The predicted octanol–water partition coefficient (Wildman–Crippen LogP) is 2.17. The number of hydrogen-bond donors (Lipinski definition) is 0. The van der Waals surface area contributed by atoms with E-state index in [-0.39, 0.29) is 11.5 Å². The number of unbranched alkanes of at least 4 members (excludes halogenated alkanes) is 1. The largest absolute Gasteiger partial charge is 0.312 e. The number of nitro groups is 1. The van der Waals surface area contributed by atoms with Crippen molar-refractivity contribution in [3.63, 3.8) is 0 Å². The van der Waals surface area contributed by atoms with Gasteiger partial charge in [-0.25, -0.2) is 0 Å². The standard InChI is InChI=1S/C11H17N3O3/c1-8(15)6-4-5-7-13-10(3)11(14(16)17)9(2)12-13/h4-7H2,1-3H3. The van der Waals surface area contributed by atoms with Crippen molar-refractivity contribution in [1.82, 2.24) is 9.78 Å². The number of carbonyl (C=O) groups excluding carboxylic acids is 1. The van der Waals surface area contributed by atoms with Crippen molar-refractivity contribution in [3.05, 3.63) is 21.5 Å². The fourth-order valence-corrected chi connectivity index (χ4v) is 1.80. The molecular weight excluding hydrogens is 222 g/mol. The van der Waals surface area contributed by atoms with Crippen LogP contribution in [-0.4, -0.2) is 20.5 Å². The average molecular weight is 239 g/mol. The number of carbonyl (C=O) groups is 1. The van der Waals surface area contributed by atoms with Crippen molar-refractivity contribution in [1.29, 1.82) is 0 Å². The Morgan fingerprint density at radius 2 is 2.06 bits per heavy atom. The summed E-state index contributed by atoms with van der Waals surface area (Å²) in [4.78, 5) is 21.1. The van der Waals surface area contributed by atoms with Crippen molar-refractivity contribution in [3.8, 4) is 0 Å². The molecule has 1 aromatic rings. The van der Waals surface area contributed by atoms with E-state index in [9.17, 15) is 14.9 Å². The topological polar surface area (TPSA) is 78.0 Å². The van der Waals surface area contributed by atoms with Crippen LogP contribution in [0.1, 0.15) is 37.6 Å². The van der Waals surface area contributed by atoms with Gasteiger partial charge >= 0.3 is 5.69 Å². The van der Waals surface area contributed by atoms with Gasteiger partial charge in [0.1, 0.15) is 17.2 Å². The lowest BCUT2D eigenvalue weighted by Gasteiger charge is -2.02. The van der Waals surface area contributed by atoms with Crippen molar-refractivity contribution in [2.45, 2.75) is 46.6 Å². The maximum absolute atomic E-state index is 10.8. The van der Waals surface area contributed by atoms with E-state index in [0.717, 1.165) is 12.8 Å². The fraction of sp³-hybridized carbons (Fsp3) is 0.636. The highest BCUT2D eigenvalue weighted by Gasteiger charge is 2.21. The quantitative estimate of drug-likeness (QED) is 0.433. The summed E-state index contributed by atoms with van der Waals surface area (Å²) >= 11 is 0. The molecule has 0 spiro atoms. The number of aryl methyl sites for hydroxylation is 2. The summed E-state index contributed by atoms with van der Waals surface area (Å²) in [7, 11) is 0. The zero-order valence-corrected chi connectivity index (χ0v) is 10.4. The molecule has 17 heavy (non-hydrogen) atoms. The van der Waals surface area contributed by atoms with Crippen LogP contribution in [0.3, 0.4) is 0 Å². The Balaban J connectivity index is 2.63. The molecule has 0 N–H and O–H groups in total. The molecule has 0 aromatic carbocycles. The molecule has 0 aliphatic rings. The summed E-state index contributed by atoms with van der Waals surface area (Å²) in [6.07, 6.45) is 2.15. The molecule has 6 heteroatoms. The van der Waals surface area contributed by atoms with Gasteiger partial charge in [-0.1, -0.05) is 0 Å². The maximum atomic E-state index is 10.8. The van der Waals surface area contributed by atoms with E-state index < -0.39 is 4.92 Å². The SMILES string of the molecule is CC(=O)CCCCn1nc(C)c([N+](=O)[O-])c1C. The molecule has 0 atom stereocenters.